The van der Waals surface area contributed by atoms with Crippen molar-refractivity contribution in [2.45, 2.75) is 19.5 Å². The van der Waals surface area contributed by atoms with Crippen molar-refractivity contribution >= 4 is 29.1 Å². The number of aryl methyl sites for hydroxylation is 1. The molecule has 0 radical (unpaired) electrons. The van der Waals surface area contributed by atoms with Gasteiger partial charge in [-0.25, -0.2) is 4.39 Å². The first-order valence-electron chi connectivity index (χ1n) is 9.19. The number of ketones is 1. The quantitative estimate of drug-likeness (QED) is 0.362. The van der Waals surface area contributed by atoms with Gasteiger partial charge >= 0.3 is 0 Å². The molecular formula is C23H17ClFNO4. The third-order valence-corrected chi connectivity index (χ3v) is 5.29. The van der Waals surface area contributed by atoms with Crippen molar-refractivity contribution in [3.8, 4) is 0 Å². The molecule has 30 heavy (non-hydrogen) atoms. The highest BCUT2D eigenvalue weighted by atomic mass is 35.5. The zero-order chi connectivity index (χ0) is 21.4. The maximum Gasteiger partial charge on any atom is 0.296 e. The second-order valence-corrected chi connectivity index (χ2v) is 7.46. The number of likely N-dealkylation sites (tertiary alicyclic amines) is 1. The van der Waals surface area contributed by atoms with Gasteiger partial charge < -0.3 is 14.4 Å². The summed E-state index contributed by atoms with van der Waals surface area (Å²) in [6.45, 7) is 1.61. The normalized spacial score (nSPS) is 18.2. The number of aliphatic hydroxyl groups excluding tert-OH is 1. The first-order valence-corrected chi connectivity index (χ1v) is 9.57. The maximum atomic E-state index is 14.1. The first kappa shape index (κ1) is 19.9. The number of furan rings is 1. The lowest BCUT2D eigenvalue weighted by Crippen LogP contribution is -2.29. The van der Waals surface area contributed by atoms with Gasteiger partial charge in [-0.1, -0.05) is 35.9 Å². The minimum absolute atomic E-state index is 0.0216. The Morgan fingerprint density at radius 2 is 1.97 bits per heavy atom. The summed E-state index contributed by atoms with van der Waals surface area (Å²) < 4.78 is 19.4. The Labute approximate surface area is 177 Å². The van der Waals surface area contributed by atoms with Gasteiger partial charge in [-0.15, -0.1) is 0 Å². The Morgan fingerprint density at radius 1 is 1.17 bits per heavy atom. The van der Waals surface area contributed by atoms with Crippen LogP contribution in [0.5, 0.6) is 0 Å². The van der Waals surface area contributed by atoms with E-state index >= 15 is 0 Å². The third kappa shape index (κ3) is 3.50. The number of amides is 1. The van der Waals surface area contributed by atoms with Gasteiger partial charge in [-0.05, 0) is 48.4 Å². The number of nitrogens with zero attached hydrogens (tertiary/aromatic N) is 1. The highest BCUT2D eigenvalue weighted by Crippen LogP contribution is 2.41. The second-order valence-electron chi connectivity index (χ2n) is 7.03. The SMILES string of the molecule is Cc1ccc(/C(O)=C2\C(=O)C(=O)N(Cc3ccco3)C2c2cccc(Cl)c2)cc1F. The molecule has 0 spiro atoms. The van der Waals surface area contributed by atoms with Crippen LogP contribution in [0, 0.1) is 12.7 Å². The van der Waals surface area contributed by atoms with Crippen molar-refractivity contribution in [2.75, 3.05) is 0 Å². The van der Waals surface area contributed by atoms with E-state index in [1.165, 1.54) is 23.3 Å². The fourth-order valence-electron chi connectivity index (χ4n) is 3.53. The smallest absolute Gasteiger partial charge is 0.296 e. The summed E-state index contributed by atoms with van der Waals surface area (Å²) in [4.78, 5) is 27.1. The van der Waals surface area contributed by atoms with Gasteiger partial charge in [0.15, 0.2) is 0 Å². The molecule has 1 amide bonds. The van der Waals surface area contributed by atoms with Crippen molar-refractivity contribution in [3.63, 3.8) is 0 Å². The highest BCUT2D eigenvalue weighted by molar-refractivity contribution is 6.46. The van der Waals surface area contributed by atoms with Crippen molar-refractivity contribution < 1.29 is 23.5 Å². The lowest BCUT2D eigenvalue weighted by molar-refractivity contribution is -0.140. The molecule has 5 nitrogen and oxygen atoms in total. The number of halogens is 2. The van der Waals surface area contributed by atoms with Crippen molar-refractivity contribution in [2.24, 2.45) is 0 Å². The standard InChI is InChI=1S/C23H17ClFNO4/c1-13-7-8-15(11-18(13)25)21(27)19-20(14-4-2-5-16(24)10-14)26(23(29)22(19)28)12-17-6-3-9-30-17/h2-11,20,27H,12H2,1H3/b21-19+. The molecule has 0 saturated carbocycles. The average molecular weight is 426 g/mol. The Hall–Kier alpha value is -3.38. The van der Waals surface area contributed by atoms with Gasteiger partial charge in [0.25, 0.3) is 11.7 Å². The van der Waals surface area contributed by atoms with Gasteiger partial charge in [0, 0.05) is 10.6 Å². The summed E-state index contributed by atoms with van der Waals surface area (Å²) in [6.07, 6.45) is 1.47. The molecule has 1 aliphatic heterocycles. The molecule has 1 atom stereocenters. The lowest BCUT2D eigenvalue weighted by atomic mass is 9.95. The Balaban J connectivity index is 1.89. The van der Waals surface area contributed by atoms with E-state index in [4.69, 9.17) is 16.0 Å². The maximum absolute atomic E-state index is 14.1. The molecule has 4 rings (SSSR count). The van der Waals surface area contributed by atoms with Gasteiger partial charge in [0.2, 0.25) is 0 Å². The minimum Gasteiger partial charge on any atom is -0.507 e. The third-order valence-electron chi connectivity index (χ3n) is 5.06. The molecule has 1 unspecified atom stereocenters. The largest absolute Gasteiger partial charge is 0.507 e. The van der Waals surface area contributed by atoms with Crippen LogP contribution >= 0.6 is 11.6 Å². The average Bonchev–Trinajstić information content (AvgIpc) is 3.32. The van der Waals surface area contributed by atoms with Crippen LogP contribution in [0.15, 0.2) is 70.9 Å². The Kier molecular flexibility index (Phi) is 5.18. The lowest BCUT2D eigenvalue weighted by Gasteiger charge is -2.24. The topological polar surface area (TPSA) is 70.8 Å². The van der Waals surface area contributed by atoms with E-state index in [1.807, 2.05) is 0 Å². The molecule has 0 bridgehead atoms. The zero-order valence-electron chi connectivity index (χ0n) is 15.9. The van der Waals surface area contributed by atoms with Crippen LogP contribution < -0.4 is 0 Å². The molecular weight excluding hydrogens is 409 g/mol. The van der Waals surface area contributed by atoms with Crippen molar-refractivity contribution in [1.82, 2.24) is 4.90 Å². The fraction of sp³-hybridized carbons (Fsp3) is 0.130. The molecule has 1 aliphatic rings. The number of carbonyl (C=O) groups is 2. The van der Waals surface area contributed by atoms with Crippen molar-refractivity contribution in [3.05, 3.63) is 99.7 Å². The summed E-state index contributed by atoms with van der Waals surface area (Å²) in [5, 5.41) is 11.3. The van der Waals surface area contributed by atoms with Gasteiger partial charge in [0.05, 0.1) is 24.4 Å². The van der Waals surface area contributed by atoms with Crippen LogP contribution in [0.2, 0.25) is 5.02 Å². The zero-order valence-corrected chi connectivity index (χ0v) is 16.7. The van der Waals surface area contributed by atoms with Crippen LogP contribution in [0.4, 0.5) is 4.39 Å². The molecule has 0 aliphatic carbocycles. The van der Waals surface area contributed by atoms with E-state index in [-0.39, 0.29) is 17.7 Å². The van der Waals surface area contributed by atoms with E-state index in [9.17, 15) is 19.1 Å². The minimum atomic E-state index is -0.904. The van der Waals surface area contributed by atoms with Crippen LogP contribution in [0.1, 0.15) is 28.5 Å². The van der Waals surface area contributed by atoms with E-state index in [0.717, 1.165) is 6.07 Å². The molecule has 1 N–H and O–H groups in total. The molecule has 1 fully saturated rings. The van der Waals surface area contributed by atoms with E-state index in [0.29, 0.717) is 21.9 Å². The predicted octanol–water partition coefficient (Wildman–Crippen LogP) is 5.00. The summed E-state index contributed by atoms with van der Waals surface area (Å²) >= 11 is 6.13. The highest BCUT2D eigenvalue weighted by Gasteiger charge is 2.46. The molecule has 7 heteroatoms. The number of hydrogen-bond donors (Lipinski definition) is 1. The summed E-state index contributed by atoms with van der Waals surface area (Å²) in [5.74, 6) is -2.14. The monoisotopic (exact) mass is 425 g/mol. The predicted molar refractivity (Wildman–Crippen MR) is 109 cm³/mol. The second kappa shape index (κ2) is 7.80. The molecule has 2 heterocycles. The van der Waals surface area contributed by atoms with Crippen molar-refractivity contribution in [1.29, 1.82) is 0 Å². The summed E-state index contributed by atoms with van der Waals surface area (Å²) in [7, 11) is 0. The molecule has 1 saturated heterocycles. The first-order chi connectivity index (χ1) is 14.4. The molecule has 152 valence electrons. The van der Waals surface area contributed by atoms with Crippen LogP contribution in [0.3, 0.4) is 0 Å². The van der Waals surface area contributed by atoms with E-state index < -0.39 is 29.3 Å². The molecule has 2 aromatic carbocycles. The summed E-state index contributed by atoms with van der Waals surface area (Å²) in [6, 6.07) is 13.3. The fourth-order valence-corrected chi connectivity index (χ4v) is 3.73. The Morgan fingerprint density at radius 3 is 2.63 bits per heavy atom. The number of aliphatic hydroxyl groups is 1. The van der Waals surface area contributed by atoms with Crippen LogP contribution in [-0.2, 0) is 16.1 Å². The van der Waals surface area contributed by atoms with Gasteiger partial charge in [0.1, 0.15) is 17.3 Å². The summed E-state index contributed by atoms with van der Waals surface area (Å²) in [5.41, 5.74) is 0.928. The molecule has 3 aromatic rings. The number of Topliss-reactive ketones (excluding diaryl/α,β-unsaturated/α-hetero) is 1. The van der Waals surface area contributed by atoms with Gasteiger partial charge in [-0.2, -0.15) is 0 Å². The Bertz CT molecular complexity index is 1170. The van der Waals surface area contributed by atoms with E-state index in [2.05, 4.69) is 0 Å². The van der Waals surface area contributed by atoms with E-state index in [1.54, 1.807) is 43.3 Å². The number of carbonyl (C=O) groups excluding carboxylic acids is 2. The molecule has 1 aromatic heterocycles. The number of benzene rings is 2. The van der Waals surface area contributed by atoms with Crippen LogP contribution in [0.25, 0.3) is 5.76 Å². The van der Waals surface area contributed by atoms with Crippen LogP contribution in [-0.4, -0.2) is 21.7 Å². The number of hydrogen-bond acceptors (Lipinski definition) is 4. The van der Waals surface area contributed by atoms with Gasteiger partial charge in [-0.3, -0.25) is 9.59 Å². The number of rotatable bonds is 4.